The quantitative estimate of drug-likeness (QED) is 0.913. The molecule has 2 aromatic rings. The van der Waals surface area contributed by atoms with Crippen molar-refractivity contribution >= 4 is 0 Å². The third kappa shape index (κ3) is 2.76. The van der Waals surface area contributed by atoms with Gasteiger partial charge in [-0.15, -0.1) is 0 Å². The fourth-order valence-corrected chi connectivity index (χ4v) is 2.07. The van der Waals surface area contributed by atoms with Crippen molar-refractivity contribution in [1.82, 2.24) is 4.98 Å². The number of aliphatic hydroxyl groups excluding tert-OH is 1. The molecule has 3 rings (SSSR count). The first-order chi connectivity index (χ1) is 9.24. The number of pyridine rings is 1. The van der Waals surface area contributed by atoms with E-state index in [1.807, 2.05) is 43.3 Å². The predicted octanol–water partition coefficient (Wildman–Crippen LogP) is 3.01. The lowest BCUT2D eigenvalue weighted by Gasteiger charge is -2.14. The van der Waals surface area contributed by atoms with Gasteiger partial charge in [0, 0.05) is 17.5 Å². The normalized spacial score (nSPS) is 16.1. The van der Waals surface area contributed by atoms with E-state index in [-0.39, 0.29) is 0 Å². The molecule has 1 N–H and O–H groups in total. The van der Waals surface area contributed by atoms with Gasteiger partial charge in [0.2, 0.25) is 0 Å². The number of aromatic nitrogens is 1. The molecule has 1 unspecified atom stereocenters. The van der Waals surface area contributed by atoms with E-state index < -0.39 is 6.10 Å². The zero-order valence-electron chi connectivity index (χ0n) is 10.9. The average molecular weight is 255 g/mol. The van der Waals surface area contributed by atoms with Gasteiger partial charge in [-0.3, -0.25) is 4.98 Å². The highest BCUT2D eigenvalue weighted by molar-refractivity contribution is 5.35. The second-order valence-corrected chi connectivity index (χ2v) is 4.97. The third-order valence-electron chi connectivity index (χ3n) is 3.37. The van der Waals surface area contributed by atoms with Crippen molar-refractivity contribution < 1.29 is 9.84 Å². The van der Waals surface area contributed by atoms with Gasteiger partial charge in [-0.05, 0) is 43.5 Å². The van der Waals surface area contributed by atoms with Crippen molar-refractivity contribution in [3.05, 3.63) is 59.4 Å². The van der Waals surface area contributed by atoms with Gasteiger partial charge >= 0.3 is 0 Å². The van der Waals surface area contributed by atoms with E-state index in [2.05, 4.69) is 4.98 Å². The molecule has 0 radical (unpaired) electrons. The van der Waals surface area contributed by atoms with E-state index in [0.717, 1.165) is 35.4 Å². The summed E-state index contributed by atoms with van der Waals surface area (Å²) in [7, 11) is 0. The zero-order chi connectivity index (χ0) is 13.2. The lowest BCUT2D eigenvalue weighted by molar-refractivity contribution is 0.218. The Morgan fingerprint density at radius 1 is 1.21 bits per heavy atom. The Kier molecular flexibility index (Phi) is 3.22. The van der Waals surface area contributed by atoms with E-state index in [4.69, 9.17) is 4.74 Å². The molecule has 1 aliphatic rings. The first kappa shape index (κ1) is 12.2. The second-order valence-electron chi connectivity index (χ2n) is 4.97. The number of benzene rings is 1. The molecule has 1 aliphatic carbocycles. The summed E-state index contributed by atoms with van der Waals surface area (Å²) in [6.07, 6.45) is 3.80. The monoisotopic (exact) mass is 255 g/mol. The van der Waals surface area contributed by atoms with Gasteiger partial charge in [0.25, 0.3) is 0 Å². The molecule has 0 saturated heterocycles. The Morgan fingerprint density at radius 2 is 1.95 bits per heavy atom. The molecule has 1 heterocycles. The van der Waals surface area contributed by atoms with Crippen molar-refractivity contribution in [3.63, 3.8) is 0 Å². The van der Waals surface area contributed by atoms with E-state index in [9.17, 15) is 5.11 Å². The zero-order valence-corrected chi connectivity index (χ0v) is 10.9. The molecule has 1 atom stereocenters. The molecule has 1 aromatic carbocycles. The number of aryl methyl sites for hydroxylation is 1. The Hall–Kier alpha value is -1.87. The van der Waals surface area contributed by atoms with Gasteiger partial charge in [0.15, 0.2) is 0 Å². The van der Waals surface area contributed by atoms with Crippen LogP contribution in [0.25, 0.3) is 0 Å². The van der Waals surface area contributed by atoms with Crippen molar-refractivity contribution in [3.8, 4) is 5.75 Å². The van der Waals surface area contributed by atoms with Gasteiger partial charge in [-0.25, -0.2) is 0 Å². The van der Waals surface area contributed by atoms with Gasteiger partial charge in [0.1, 0.15) is 11.9 Å². The molecule has 0 spiro atoms. The van der Waals surface area contributed by atoms with Crippen LogP contribution in [0, 0.1) is 6.92 Å². The smallest absolute Gasteiger partial charge is 0.119 e. The minimum atomic E-state index is -0.635. The van der Waals surface area contributed by atoms with Crippen molar-refractivity contribution in [1.29, 1.82) is 0 Å². The highest BCUT2D eigenvalue weighted by Crippen LogP contribution is 2.29. The molecule has 98 valence electrons. The van der Waals surface area contributed by atoms with E-state index in [1.165, 1.54) is 0 Å². The predicted molar refractivity (Wildman–Crippen MR) is 73.1 cm³/mol. The highest BCUT2D eigenvalue weighted by Gasteiger charge is 2.23. The third-order valence-corrected chi connectivity index (χ3v) is 3.37. The van der Waals surface area contributed by atoms with Crippen LogP contribution in [0.5, 0.6) is 5.75 Å². The van der Waals surface area contributed by atoms with Crippen LogP contribution in [0.4, 0.5) is 0 Å². The van der Waals surface area contributed by atoms with Crippen LogP contribution in [0.1, 0.15) is 35.8 Å². The molecular weight excluding hydrogens is 238 g/mol. The number of rotatable bonds is 4. The van der Waals surface area contributed by atoms with Crippen LogP contribution >= 0.6 is 0 Å². The molecule has 3 heteroatoms. The highest BCUT2D eigenvalue weighted by atomic mass is 16.5. The summed E-state index contributed by atoms with van der Waals surface area (Å²) in [6.45, 7) is 1.91. The SMILES string of the molecule is Cc1ncccc1C(O)c1ccc(OC2CC2)cc1. The summed E-state index contributed by atoms with van der Waals surface area (Å²) in [4.78, 5) is 4.21. The summed E-state index contributed by atoms with van der Waals surface area (Å²) in [5, 5.41) is 10.4. The maximum atomic E-state index is 10.4. The molecule has 0 aliphatic heterocycles. The maximum absolute atomic E-state index is 10.4. The van der Waals surface area contributed by atoms with Crippen molar-refractivity contribution in [2.45, 2.75) is 32.0 Å². The minimum Gasteiger partial charge on any atom is -0.490 e. The number of aliphatic hydroxyl groups is 1. The second kappa shape index (κ2) is 5.02. The number of ether oxygens (including phenoxy) is 1. The van der Waals surface area contributed by atoms with Gasteiger partial charge in [-0.1, -0.05) is 18.2 Å². The fourth-order valence-electron chi connectivity index (χ4n) is 2.07. The molecule has 3 nitrogen and oxygen atoms in total. The number of hydrogen-bond acceptors (Lipinski definition) is 3. The topological polar surface area (TPSA) is 42.4 Å². The lowest BCUT2D eigenvalue weighted by Crippen LogP contribution is -2.03. The van der Waals surface area contributed by atoms with E-state index >= 15 is 0 Å². The van der Waals surface area contributed by atoms with Crippen LogP contribution in [0.3, 0.4) is 0 Å². The van der Waals surface area contributed by atoms with E-state index in [1.54, 1.807) is 6.20 Å². The van der Waals surface area contributed by atoms with Crippen LogP contribution in [-0.2, 0) is 0 Å². The Morgan fingerprint density at radius 3 is 2.58 bits per heavy atom. The summed E-state index contributed by atoms with van der Waals surface area (Å²) in [5.41, 5.74) is 2.56. The Labute approximate surface area is 112 Å². The largest absolute Gasteiger partial charge is 0.490 e. The van der Waals surface area contributed by atoms with Crippen molar-refractivity contribution in [2.75, 3.05) is 0 Å². The molecule has 1 aromatic heterocycles. The van der Waals surface area contributed by atoms with Crippen LogP contribution in [-0.4, -0.2) is 16.2 Å². The van der Waals surface area contributed by atoms with Gasteiger partial charge in [-0.2, -0.15) is 0 Å². The Bertz CT molecular complexity index is 561. The first-order valence-corrected chi connectivity index (χ1v) is 6.60. The maximum Gasteiger partial charge on any atom is 0.119 e. The molecule has 19 heavy (non-hydrogen) atoms. The van der Waals surface area contributed by atoms with Gasteiger partial charge < -0.3 is 9.84 Å². The minimum absolute atomic E-state index is 0.399. The summed E-state index contributed by atoms with van der Waals surface area (Å²) < 4.78 is 5.70. The van der Waals surface area contributed by atoms with Crippen LogP contribution in [0.15, 0.2) is 42.6 Å². The summed E-state index contributed by atoms with van der Waals surface area (Å²) >= 11 is 0. The summed E-state index contributed by atoms with van der Waals surface area (Å²) in [5.74, 6) is 0.876. The first-order valence-electron chi connectivity index (χ1n) is 6.60. The van der Waals surface area contributed by atoms with Crippen molar-refractivity contribution in [2.24, 2.45) is 0 Å². The van der Waals surface area contributed by atoms with Crippen LogP contribution < -0.4 is 4.74 Å². The fraction of sp³-hybridized carbons (Fsp3) is 0.312. The summed E-state index contributed by atoms with van der Waals surface area (Å²) in [6, 6.07) is 11.4. The van der Waals surface area contributed by atoms with E-state index in [0.29, 0.717) is 6.10 Å². The molecule has 0 bridgehead atoms. The van der Waals surface area contributed by atoms with Crippen LogP contribution in [0.2, 0.25) is 0 Å². The standard InChI is InChI=1S/C16H17NO2/c1-11-15(3-2-10-17-11)16(18)12-4-6-13(7-5-12)19-14-8-9-14/h2-7,10,14,16,18H,8-9H2,1H3. The Balaban J connectivity index is 1.79. The average Bonchev–Trinajstić information content (AvgIpc) is 3.23. The molecule has 1 saturated carbocycles. The van der Waals surface area contributed by atoms with Gasteiger partial charge in [0.05, 0.1) is 6.10 Å². The number of hydrogen-bond donors (Lipinski definition) is 1. The molecule has 0 amide bonds. The lowest BCUT2D eigenvalue weighted by atomic mass is 10.0. The number of nitrogens with zero attached hydrogens (tertiary/aromatic N) is 1. The molecule has 1 fully saturated rings. The molecular formula is C16H17NO2.